The lowest BCUT2D eigenvalue weighted by molar-refractivity contribution is 0.181. The molecule has 0 heterocycles. The van der Waals surface area contributed by atoms with Crippen LogP contribution in [0.1, 0.15) is 25.0 Å². The van der Waals surface area contributed by atoms with Gasteiger partial charge >= 0.3 is 0 Å². The second-order valence-electron chi connectivity index (χ2n) is 3.93. The quantitative estimate of drug-likeness (QED) is 0.806. The number of ether oxygens (including phenoxy) is 1. The van der Waals surface area contributed by atoms with Gasteiger partial charge in [-0.15, -0.1) is 0 Å². The summed E-state index contributed by atoms with van der Waals surface area (Å²) in [6, 6.07) is 5.20. The van der Waals surface area contributed by atoms with E-state index in [9.17, 15) is 4.39 Å². The summed E-state index contributed by atoms with van der Waals surface area (Å²) in [6.45, 7) is 3.83. The van der Waals surface area contributed by atoms with E-state index < -0.39 is 5.54 Å². The number of halogens is 1. The van der Waals surface area contributed by atoms with Crippen molar-refractivity contribution < 1.29 is 9.13 Å². The van der Waals surface area contributed by atoms with E-state index >= 15 is 0 Å². The van der Waals surface area contributed by atoms with Crippen LogP contribution in [0.25, 0.3) is 0 Å². The van der Waals surface area contributed by atoms with E-state index in [-0.39, 0.29) is 12.4 Å². The monoisotopic (exact) mass is 197 g/mol. The third kappa shape index (κ3) is 2.30. The molecule has 0 aliphatic heterocycles. The molecule has 0 amide bonds. The summed E-state index contributed by atoms with van der Waals surface area (Å²) < 4.78 is 18.7. The summed E-state index contributed by atoms with van der Waals surface area (Å²) in [5.74, 6) is -0.262. The van der Waals surface area contributed by atoms with E-state index in [2.05, 4.69) is 0 Å². The fourth-order valence-electron chi connectivity index (χ4n) is 1.34. The van der Waals surface area contributed by atoms with Crippen molar-refractivity contribution in [1.82, 2.24) is 0 Å². The van der Waals surface area contributed by atoms with Crippen LogP contribution in [-0.2, 0) is 16.9 Å². The lowest BCUT2D eigenvalue weighted by atomic mass is 9.93. The van der Waals surface area contributed by atoms with Gasteiger partial charge in [-0.1, -0.05) is 18.2 Å². The molecule has 0 aliphatic carbocycles. The Morgan fingerprint density at radius 2 is 2.07 bits per heavy atom. The molecule has 0 radical (unpaired) electrons. The first-order valence-electron chi connectivity index (χ1n) is 4.52. The van der Waals surface area contributed by atoms with Gasteiger partial charge in [-0.25, -0.2) is 4.39 Å². The molecular weight excluding hydrogens is 181 g/mol. The number of rotatable bonds is 3. The summed E-state index contributed by atoms with van der Waals surface area (Å²) in [4.78, 5) is 0. The standard InChI is InChI=1S/C11H16FNO/c1-11(2,13)9-6-4-5-8(7-14-3)10(9)12/h4-6H,7,13H2,1-3H3. The Balaban J connectivity index is 3.14. The second-order valence-corrected chi connectivity index (χ2v) is 3.93. The third-order valence-corrected chi connectivity index (χ3v) is 2.07. The maximum atomic E-state index is 13.8. The summed E-state index contributed by atoms with van der Waals surface area (Å²) in [6.07, 6.45) is 0. The third-order valence-electron chi connectivity index (χ3n) is 2.07. The van der Waals surface area contributed by atoms with E-state index in [1.807, 2.05) is 0 Å². The molecule has 2 nitrogen and oxygen atoms in total. The van der Waals surface area contributed by atoms with E-state index in [1.54, 1.807) is 39.2 Å². The number of hydrogen-bond donors (Lipinski definition) is 1. The zero-order valence-corrected chi connectivity index (χ0v) is 8.80. The fraction of sp³-hybridized carbons (Fsp3) is 0.455. The van der Waals surface area contributed by atoms with E-state index in [4.69, 9.17) is 10.5 Å². The molecule has 0 bridgehead atoms. The van der Waals surface area contributed by atoms with Crippen LogP contribution in [0, 0.1) is 5.82 Å². The molecule has 1 aromatic rings. The van der Waals surface area contributed by atoms with Crippen LogP contribution >= 0.6 is 0 Å². The predicted octanol–water partition coefficient (Wildman–Crippen LogP) is 2.17. The fourth-order valence-corrected chi connectivity index (χ4v) is 1.34. The van der Waals surface area contributed by atoms with E-state index in [0.717, 1.165) is 0 Å². The van der Waals surface area contributed by atoms with Crippen molar-refractivity contribution in [3.05, 3.63) is 35.1 Å². The molecule has 1 rings (SSSR count). The molecule has 0 atom stereocenters. The number of hydrogen-bond acceptors (Lipinski definition) is 2. The molecule has 2 N–H and O–H groups in total. The summed E-state index contributed by atoms with van der Waals surface area (Å²) in [5, 5.41) is 0. The molecule has 0 saturated carbocycles. The van der Waals surface area contributed by atoms with Crippen LogP contribution in [-0.4, -0.2) is 7.11 Å². The topological polar surface area (TPSA) is 35.2 Å². The van der Waals surface area contributed by atoms with Gasteiger partial charge in [0.15, 0.2) is 0 Å². The van der Waals surface area contributed by atoms with E-state index in [1.165, 1.54) is 0 Å². The van der Waals surface area contributed by atoms with Gasteiger partial charge in [0.25, 0.3) is 0 Å². The van der Waals surface area contributed by atoms with Crippen LogP contribution in [0.4, 0.5) is 4.39 Å². The smallest absolute Gasteiger partial charge is 0.133 e. The molecule has 0 unspecified atom stereocenters. The van der Waals surface area contributed by atoms with Crippen molar-refractivity contribution >= 4 is 0 Å². The first-order chi connectivity index (χ1) is 6.46. The molecule has 0 saturated heterocycles. The minimum atomic E-state index is -0.659. The minimum Gasteiger partial charge on any atom is -0.380 e. The maximum absolute atomic E-state index is 13.8. The molecule has 1 aromatic carbocycles. The van der Waals surface area contributed by atoms with Crippen LogP contribution in [0.15, 0.2) is 18.2 Å². The molecular formula is C11H16FNO. The largest absolute Gasteiger partial charge is 0.380 e. The Kier molecular flexibility index (Phi) is 3.24. The molecule has 0 aromatic heterocycles. The van der Waals surface area contributed by atoms with Crippen LogP contribution < -0.4 is 5.73 Å². The number of benzene rings is 1. The van der Waals surface area contributed by atoms with Gasteiger partial charge < -0.3 is 10.5 Å². The van der Waals surface area contributed by atoms with Gasteiger partial charge in [0.05, 0.1) is 6.61 Å². The van der Waals surface area contributed by atoms with E-state index in [0.29, 0.717) is 11.1 Å². The second kappa shape index (κ2) is 4.07. The highest BCUT2D eigenvalue weighted by Gasteiger charge is 2.20. The van der Waals surface area contributed by atoms with Crippen molar-refractivity contribution in [2.24, 2.45) is 5.73 Å². The van der Waals surface area contributed by atoms with Gasteiger partial charge in [0.2, 0.25) is 0 Å². The van der Waals surface area contributed by atoms with Crippen LogP contribution in [0.2, 0.25) is 0 Å². The Morgan fingerprint density at radius 3 is 2.57 bits per heavy atom. The Bertz CT molecular complexity index is 318. The number of methoxy groups -OCH3 is 1. The Labute approximate surface area is 83.9 Å². The highest BCUT2D eigenvalue weighted by Crippen LogP contribution is 2.23. The van der Waals surface area contributed by atoms with Crippen molar-refractivity contribution in [2.75, 3.05) is 7.11 Å². The summed E-state index contributed by atoms with van der Waals surface area (Å²) in [5.41, 5.74) is 6.25. The highest BCUT2D eigenvalue weighted by molar-refractivity contribution is 5.30. The first-order valence-corrected chi connectivity index (χ1v) is 4.52. The first kappa shape index (κ1) is 11.1. The average Bonchev–Trinajstić information content (AvgIpc) is 2.07. The SMILES string of the molecule is COCc1cccc(C(C)(C)N)c1F. The van der Waals surface area contributed by atoms with Crippen molar-refractivity contribution in [1.29, 1.82) is 0 Å². The molecule has 0 aliphatic rings. The van der Waals surface area contributed by atoms with Gasteiger partial charge in [0, 0.05) is 23.8 Å². The van der Waals surface area contributed by atoms with Crippen LogP contribution in [0.5, 0.6) is 0 Å². The molecule has 3 heteroatoms. The average molecular weight is 197 g/mol. The lowest BCUT2D eigenvalue weighted by Gasteiger charge is -2.21. The zero-order valence-electron chi connectivity index (χ0n) is 8.80. The van der Waals surface area contributed by atoms with Crippen molar-refractivity contribution in [3.63, 3.8) is 0 Å². The van der Waals surface area contributed by atoms with Gasteiger partial charge in [0.1, 0.15) is 5.82 Å². The molecule has 0 spiro atoms. The van der Waals surface area contributed by atoms with Gasteiger partial charge in [-0.05, 0) is 13.8 Å². The number of nitrogens with two attached hydrogens (primary N) is 1. The highest BCUT2D eigenvalue weighted by atomic mass is 19.1. The van der Waals surface area contributed by atoms with Gasteiger partial charge in [-0.3, -0.25) is 0 Å². The van der Waals surface area contributed by atoms with Gasteiger partial charge in [-0.2, -0.15) is 0 Å². The van der Waals surface area contributed by atoms with Crippen molar-refractivity contribution in [2.45, 2.75) is 26.0 Å². The molecule has 78 valence electrons. The summed E-state index contributed by atoms with van der Waals surface area (Å²) >= 11 is 0. The molecule has 0 fully saturated rings. The Morgan fingerprint density at radius 1 is 1.43 bits per heavy atom. The van der Waals surface area contributed by atoms with Crippen LogP contribution in [0.3, 0.4) is 0 Å². The maximum Gasteiger partial charge on any atom is 0.133 e. The zero-order chi connectivity index (χ0) is 10.8. The summed E-state index contributed by atoms with van der Waals surface area (Å²) in [7, 11) is 1.54. The normalized spacial score (nSPS) is 11.8. The minimum absolute atomic E-state index is 0.262. The Hall–Kier alpha value is -0.930. The lowest BCUT2D eigenvalue weighted by Crippen LogP contribution is -2.30. The molecule has 14 heavy (non-hydrogen) atoms. The van der Waals surface area contributed by atoms with Crippen molar-refractivity contribution in [3.8, 4) is 0 Å². The predicted molar refractivity (Wildman–Crippen MR) is 54.3 cm³/mol.